The highest BCUT2D eigenvalue weighted by atomic mass is 16.5. The molecule has 3 nitrogen and oxygen atoms in total. The number of fused-ring (bicyclic) bond motifs is 4. The first kappa shape index (κ1) is 12.0. The van der Waals surface area contributed by atoms with Crippen LogP contribution in [0.1, 0.15) is 24.6 Å². The molecule has 2 bridgehead atoms. The van der Waals surface area contributed by atoms with Gasteiger partial charge in [0.05, 0.1) is 18.9 Å². The van der Waals surface area contributed by atoms with Gasteiger partial charge in [0.2, 0.25) is 5.88 Å². The van der Waals surface area contributed by atoms with Gasteiger partial charge in [-0.1, -0.05) is 18.2 Å². The average Bonchev–Trinajstić information content (AvgIpc) is 2.41. The van der Waals surface area contributed by atoms with Crippen LogP contribution >= 0.6 is 0 Å². The Labute approximate surface area is 113 Å². The van der Waals surface area contributed by atoms with E-state index in [1.807, 2.05) is 12.1 Å². The number of allylic oxidation sites excluding steroid dienone is 3. The van der Waals surface area contributed by atoms with E-state index in [0.717, 1.165) is 29.7 Å². The van der Waals surface area contributed by atoms with Gasteiger partial charge in [-0.05, 0) is 30.5 Å². The molecule has 96 valence electrons. The molecule has 0 spiro atoms. The van der Waals surface area contributed by atoms with Gasteiger partial charge in [-0.2, -0.15) is 5.26 Å². The minimum absolute atomic E-state index is 0.223. The zero-order valence-corrected chi connectivity index (χ0v) is 11.2. The quantitative estimate of drug-likeness (QED) is 0.722. The number of hydrogen-bond donors (Lipinski definition) is 0. The largest absolute Gasteiger partial charge is 0.481 e. The van der Waals surface area contributed by atoms with Crippen molar-refractivity contribution in [2.75, 3.05) is 7.11 Å². The minimum Gasteiger partial charge on any atom is -0.481 e. The van der Waals surface area contributed by atoms with Crippen LogP contribution in [-0.2, 0) is 11.8 Å². The Hall–Kier alpha value is -2.08. The summed E-state index contributed by atoms with van der Waals surface area (Å²) in [5.74, 6) is 0.832. The molecule has 0 N–H and O–H groups in total. The fraction of sp³-hybridized carbons (Fsp3) is 0.375. The van der Waals surface area contributed by atoms with Gasteiger partial charge < -0.3 is 4.74 Å². The highest BCUT2D eigenvalue weighted by Gasteiger charge is 2.46. The van der Waals surface area contributed by atoms with Crippen LogP contribution in [-0.4, -0.2) is 12.1 Å². The number of aromatic nitrogens is 1. The van der Waals surface area contributed by atoms with Crippen LogP contribution in [0.2, 0.25) is 0 Å². The molecule has 19 heavy (non-hydrogen) atoms. The van der Waals surface area contributed by atoms with Crippen LogP contribution in [0, 0.1) is 17.2 Å². The Balaban J connectivity index is 2.24. The van der Waals surface area contributed by atoms with E-state index in [-0.39, 0.29) is 5.92 Å². The van der Waals surface area contributed by atoms with Crippen molar-refractivity contribution in [2.45, 2.75) is 25.2 Å². The van der Waals surface area contributed by atoms with Crippen molar-refractivity contribution in [2.24, 2.45) is 5.92 Å². The lowest BCUT2D eigenvalue weighted by Gasteiger charge is -2.42. The van der Waals surface area contributed by atoms with Crippen molar-refractivity contribution in [1.82, 2.24) is 4.98 Å². The molecule has 1 aromatic rings. The van der Waals surface area contributed by atoms with E-state index in [4.69, 9.17) is 4.74 Å². The molecule has 0 saturated carbocycles. The number of pyridine rings is 1. The van der Waals surface area contributed by atoms with Crippen molar-refractivity contribution in [3.05, 3.63) is 47.2 Å². The predicted octanol–water partition coefficient (Wildman–Crippen LogP) is 2.93. The van der Waals surface area contributed by atoms with Gasteiger partial charge in [0.15, 0.2) is 0 Å². The van der Waals surface area contributed by atoms with E-state index in [1.165, 1.54) is 5.57 Å². The second-order valence-electron chi connectivity index (χ2n) is 5.39. The maximum absolute atomic E-state index is 9.76. The maximum Gasteiger partial charge on any atom is 0.213 e. The average molecular weight is 252 g/mol. The second-order valence-corrected chi connectivity index (χ2v) is 5.39. The van der Waals surface area contributed by atoms with Crippen molar-refractivity contribution >= 4 is 0 Å². The van der Waals surface area contributed by atoms with E-state index in [2.05, 4.69) is 30.6 Å². The molecule has 1 aromatic heterocycles. The molecule has 3 rings (SSSR count). The third-order valence-electron chi connectivity index (χ3n) is 4.25. The Bertz CT molecular complexity index is 639. The van der Waals surface area contributed by atoms with Gasteiger partial charge in [0.25, 0.3) is 0 Å². The van der Waals surface area contributed by atoms with E-state index in [9.17, 15) is 5.26 Å². The standard InChI is InChI=1S/C16H16N2O/c1-10-6-12-7-14-13(4-5-15(18-14)19-3)16(8-10,9-17)11(12)2/h4-6,12H,2,7-8H2,1,3H3. The smallest absolute Gasteiger partial charge is 0.213 e. The Kier molecular flexibility index (Phi) is 2.50. The zero-order chi connectivity index (χ0) is 13.6. The maximum atomic E-state index is 9.76. The molecule has 1 heterocycles. The Morgan fingerprint density at radius 2 is 2.32 bits per heavy atom. The van der Waals surface area contributed by atoms with Crippen LogP contribution in [0.4, 0.5) is 0 Å². The topological polar surface area (TPSA) is 45.9 Å². The van der Waals surface area contributed by atoms with Gasteiger partial charge in [-0.15, -0.1) is 0 Å². The van der Waals surface area contributed by atoms with Crippen LogP contribution in [0.5, 0.6) is 5.88 Å². The van der Waals surface area contributed by atoms with Gasteiger partial charge in [-0.25, -0.2) is 4.98 Å². The normalized spacial score (nSPS) is 28.2. The van der Waals surface area contributed by atoms with Crippen molar-refractivity contribution in [1.29, 1.82) is 5.26 Å². The van der Waals surface area contributed by atoms with E-state index < -0.39 is 5.41 Å². The molecule has 2 unspecified atom stereocenters. The molecule has 2 atom stereocenters. The SMILES string of the molecule is C=C1C2C=C(C)CC1(C#N)c1ccc(OC)nc1C2. The summed E-state index contributed by atoms with van der Waals surface area (Å²) in [6.45, 7) is 6.28. The van der Waals surface area contributed by atoms with Gasteiger partial charge in [-0.3, -0.25) is 0 Å². The van der Waals surface area contributed by atoms with Crippen LogP contribution in [0.15, 0.2) is 35.9 Å². The predicted molar refractivity (Wildman–Crippen MR) is 72.8 cm³/mol. The molecule has 0 radical (unpaired) electrons. The summed E-state index contributed by atoms with van der Waals surface area (Å²) in [6, 6.07) is 6.31. The van der Waals surface area contributed by atoms with Gasteiger partial charge >= 0.3 is 0 Å². The molecule has 0 saturated heterocycles. The first-order valence-electron chi connectivity index (χ1n) is 6.43. The first-order chi connectivity index (χ1) is 9.10. The third-order valence-corrected chi connectivity index (χ3v) is 4.25. The number of nitriles is 1. The number of rotatable bonds is 1. The molecule has 0 fully saturated rings. The summed E-state index contributed by atoms with van der Waals surface area (Å²) in [5, 5.41) is 9.76. The molecular formula is C16H16N2O. The first-order valence-corrected chi connectivity index (χ1v) is 6.43. The second kappa shape index (κ2) is 3.96. The molecule has 0 aromatic carbocycles. The fourth-order valence-electron chi connectivity index (χ4n) is 3.32. The third kappa shape index (κ3) is 1.53. The van der Waals surface area contributed by atoms with E-state index in [0.29, 0.717) is 5.88 Å². The summed E-state index contributed by atoms with van der Waals surface area (Å²) < 4.78 is 5.19. The van der Waals surface area contributed by atoms with Crippen molar-refractivity contribution < 1.29 is 4.74 Å². The van der Waals surface area contributed by atoms with Crippen molar-refractivity contribution in [3.8, 4) is 11.9 Å². The Morgan fingerprint density at radius 3 is 3.00 bits per heavy atom. The molecular weight excluding hydrogens is 236 g/mol. The number of ether oxygens (including phenoxy) is 1. The molecule has 3 heteroatoms. The molecule has 2 aliphatic rings. The molecule has 0 amide bonds. The van der Waals surface area contributed by atoms with Crippen LogP contribution in [0.25, 0.3) is 0 Å². The summed E-state index contributed by atoms with van der Waals surface area (Å²) in [7, 11) is 1.61. The van der Waals surface area contributed by atoms with Crippen molar-refractivity contribution in [3.63, 3.8) is 0 Å². The summed E-state index contributed by atoms with van der Waals surface area (Å²) >= 11 is 0. The fourth-order valence-corrected chi connectivity index (χ4v) is 3.32. The zero-order valence-electron chi connectivity index (χ0n) is 11.2. The van der Waals surface area contributed by atoms with Gasteiger partial charge in [0, 0.05) is 18.4 Å². The number of methoxy groups -OCH3 is 1. The minimum atomic E-state index is -0.601. The summed E-state index contributed by atoms with van der Waals surface area (Å²) in [5.41, 5.74) is 3.66. The lowest BCUT2D eigenvalue weighted by Crippen LogP contribution is -2.39. The lowest BCUT2D eigenvalue weighted by atomic mass is 9.59. The number of hydrogen-bond acceptors (Lipinski definition) is 3. The summed E-state index contributed by atoms with van der Waals surface area (Å²) in [6.07, 6.45) is 3.76. The van der Waals surface area contributed by atoms with E-state index in [1.54, 1.807) is 7.11 Å². The van der Waals surface area contributed by atoms with E-state index >= 15 is 0 Å². The summed E-state index contributed by atoms with van der Waals surface area (Å²) in [4.78, 5) is 4.52. The van der Waals surface area contributed by atoms with Crippen LogP contribution in [0.3, 0.4) is 0 Å². The highest BCUT2D eigenvalue weighted by molar-refractivity contribution is 5.54. The Morgan fingerprint density at radius 1 is 1.53 bits per heavy atom. The van der Waals surface area contributed by atoms with Crippen LogP contribution < -0.4 is 4.74 Å². The number of nitrogens with zero attached hydrogens (tertiary/aromatic N) is 2. The monoisotopic (exact) mass is 252 g/mol. The van der Waals surface area contributed by atoms with Gasteiger partial charge in [0.1, 0.15) is 5.41 Å². The molecule has 2 aliphatic carbocycles. The molecule has 0 aliphatic heterocycles. The lowest BCUT2D eigenvalue weighted by molar-refractivity contribution is 0.390. The highest BCUT2D eigenvalue weighted by Crippen LogP contribution is 2.50.